The summed E-state index contributed by atoms with van der Waals surface area (Å²) in [7, 11) is -1.17. The molecule has 1 aliphatic rings. The summed E-state index contributed by atoms with van der Waals surface area (Å²) < 4.78 is 12.7. The molecule has 0 spiro atoms. The molecule has 1 aromatic heterocycles. The van der Waals surface area contributed by atoms with E-state index in [1.165, 1.54) is 6.07 Å². The van der Waals surface area contributed by atoms with Crippen LogP contribution in [0.4, 0.5) is 11.4 Å². The Hall–Kier alpha value is -2.37. The minimum atomic E-state index is -1.17. The molecule has 0 bridgehead atoms. The number of hydrogen-bond donors (Lipinski definition) is 1. The fourth-order valence-corrected chi connectivity index (χ4v) is 3.43. The lowest BCUT2D eigenvalue weighted by Crippen LogP contribution is -2.33. The number of rotatable bonds is 10. The summed E-state index contributed by atoms with van der Waals surface area (Å²) >= 11 is 0. The first-order valence-electron chi connectivity index (χ1n) is 9.32. The lowest BCUT2D eigenvalue weighted by molar-refractivity contribution is -0.384. The number of benzene rings is 1. The number of nitro benzene ring substituents is 1. The van der Waals surface area contributed by atoms with E-state index in [0.717, 1.165) is 19.1 Å². The van der Waals surface area contributed by atoms with Gasteiger partial charge >= 0.3 is 0 Å². The standard InChI is InChI=1S/C17H26N6O4Si/c1-28(2,3)9-8-26-12-22-17(19-20-21-22)13-4-5-16(23(24)25)15(10-13)18-11-14-6-7-27-14/h4-5,10,14,18H,6-9,11-12H2,1-3H3/t14-/m1/s1. The van der Waals surface area contributed by atoms with Crippen molar-refractivity contribution >= 4 is 19.4 Å². The Kier molecular flexibility index (Phi) is 6.37. The van der Waals surface area contributed by atoms with Gasteiger partial charge in [-0.1, -0.05) is 19.6 Å². The lowest BCUT2D eigenvalue weighted by Gasteiger charge is -2.26. The molecule has 1 fully saturated rings. The normalized spacial score (nSPS) is 16.6. The minimum Gasteiger partial charge on any atom is -0.377 e. The summed E-state index contributed by atoms with van der Waals surface area (Å²) in [4.78, 5) is 10.9. The van der Waals surface area contributed by atoms with Crippen molar-refractivity contribution in [3.8, 4) is 11.4 Å². The van der Waals surface area contributed by atoms with Crippen LogP contribution in [0, 0.1) is 10.1 Å². The number of anilines is 1. The van der Waals surface area contributed by atoms with Crippen LogP contribution in [0.5, 0.6) is 0 Å². The van der Waals surface area contributed by atoms with E-state index >= 15 is 0 Å². The van der Waals surface area contributed by atoms with Gasteiger partial charge in [-0.15, -0.1) is 5.10 Å². The van der Waals surface area contributed by atoms with E-state index in [0.29, 0.717) is 30.2 Å². The van der Waals surface area contributed by atoms with Gasteiger partial charge in [0.15, 0.2) is 5.82 Å². The molecule has 3 rings (SSSR count). The van der Waals surface area contributed by atoms with Gasteiger partial charge in [0.2, 0.25) is 0 Å². The van der Waals surface area contributed by atoms with Gasteiger partial charge in [-0.2, -0.15) is 4.68 Å². The Morgan fingerprint density at radius 1 is 1.43 bits per heavy atom. The van der Waals surface area contributed by atoms with E-state index in [4.69, 9.17) is 9.47 Å². The van der Waals surface area contributed by atoms with E-state index in [1.54, 1.807) is 16.8 Å². The molecule has 28 heavy (non-hydrogen) atoms. The first-order valence-corrected chi connectivity index (χ1v) is 13.0. The van der Waals surface area contributed by atoms with Crippen LogP contribution in [-0.4, -0.2) is 59.1 Å². The van der Waals surface area contributed by atoms with Gasteiger partial charge in [0.1, 0.15) is 12.4 Å². The van der Waals surface area contributed by atoms with Gasteiger partial charge in [0, 0.05) is 39.5 Å². The van der Waals surface area contributed by atoms with Gasteiger partial charge in [-0.3, -0.25) is 10.1 Å². The molecule has 1 saturated heterocycles. The first-order chi connectivity index (χ1) is 13.3. The van der Waals surface area contributed by atoms with Crippen LogP contribution < -0.4 is 5.32 Å². The van der Waals surface area contributed by atoms with Crippen LogP contribution in [-0.2, 0) is 16.2 Å². The molecule has 152 valence electrons. The zero-order valence-corrected chi connectivity index (χ0v) is 17.4. The van der Waals surface area contributed by atoms with Crippen molar-refractivity contribution in [3.05, 3.63) is 28.3 Å². The third-order valence-electron chi connectivity index (χ3n) is 4.51. The number of ether oxygens (including phenoxy) is 2. The summed E-state index contributed by atoms with van der Waals surface area (Å²) in [6.45, 7) is 9.03. The number of nitro groups is 1. The number of hydrogen-bond acceptors (Lipinski definition) is 8. The second kappa shape index (κ2) is 8.75. The highest BCUT2D eigenvalue weighted by molar-refractivity contribution is 6.76. The molecule has 10 nitrogen and oxygen atoms in total. The smallest absolute Gasteiger partial charge is 0.292 e. The van der Waals surface area contributed by atoms with Crippen molar-refractivity contribution in [2.24, 2.45) is 0 Å². The topological polar surface area (TPSA) is 117 Å². The summed E-state index contributed by atoms with van der Waals surface area (Å²) in [5, 5.41) is 26.2. The number of nitrogens with zero attached hydrogens (tertiary/aromatic N) is 5. The largest absolute Gasteiger partial charge is 0.377 e. The predicted octanol–water partition coefficient (Wildman–Crippen LogP) is 2.76. The first kappa shape index (κ1) is 20.4. The summed E-state index contributed by atoms with van der Waals surface area (Å²) in [5.74, 6) is 0.505. The van der Waals surface area contributed by atoms with Crippen molar-refractivity contribution in [2.45, 2.75) is 44.9 Å². The van der Waals surface area contributed by atoms with Crippen LogP contribution in [0.15, 0.2) is 18.2 Å². The summed E-state index contributed by atoms with van der Waals surface area (Å²) in [5.41, 5.74) is 1.11. The van der Waals surface area contributed by atoms with Crippen molar-refractivity contribution in [3.63, 3.8) is 0 Å². The molecule has 0 aliphatic carbocycles. The van der Waals surface area contributed by atoms with E-state index in [1.807, 2.05) is 0 Å². The molecule has 0 amide bonds. The third-order valence-corrected chi connectivity index (χ3v) is 6.21. The van der Waals surface area contributed by atoms with Crippen LogP contribution in [0.25, 0.3) is 11.4 Å². The number of tetrazole rings is 1. The molecule has 0 saturated carbocycles. The molecule has 2 aromatic rings. The van der Waals surface area contributed by atoms with E-state index in [2.05, 4.69) is 40.5 Å². The van der Waals surface area contributed by atoms with Crippen molar-refractivity contribution in [1.29, 1.82) is 0 Å². The Morgan fingerprint density at radius 2 is 2.21 bits per heavy atom. The fraction of sp³-hybridized carbons (Fsp3) is 0.588. The van der Waals surface area contributed by atoms with Crippen LogP contribution >= 0.6 is 0 Å². The SMILES string of the molecule is C[Si](C)(C)CCOCn1nnnc1-c1ccc([N+](=O)[O-])c(NC[C@H]2CCO2)c1. The molecule has 11 heteroatoms. The van der Waals surface area contributed by atoms with E-state index in [-0.39, 0.29) is 18.5 Å². The molecule has 0 unspecified atom stereocenters. The molecule has 1 N–H and O–H groups in total. The monoisotopic (exact) mass is 406 g/mol. The maximum Gasteiger partial charge on any atom is 0.292 e. The van der Waals surface area contributed by atoms with Gasteiger partial charge in [-0.25, -0.2) is 0 Å². The molecular formula is C17H26N6O4Si. The molecule has 1 aliphatic heterocycles. The Balaban J connectivity index is 1.72. The number of aromatic nitrogens is 4. The average Bonchev–Trinajstić information content (AvgIpc) is 3.04. The Bertz CT molecular complexity index is 818. The highest BCUT2D eigenvalue weighted by Gasteiger charge is 2.21. The van der Waals surface area contributed by atoms with Gasteiger partial charge in [0.25, 0.3) is 5.69 Å². The highest BCUT2D eigenvalue weighted by atomic mass is 28.3. The second-order valence-corrected chi connectivity index (χ2v) is 13.6. The van der Waals surface area contributed by atoms with E-state index < -0.39 is 13.0 Å². The third kappa shape index (κ3) is 5.33. The summed E-state index contributed by atoms with van der Waals surface area (Å²) in [6.07, 6.45) is 1.04. The lowest BCUT2D eigenvalue weighted by atomic mass is 10.1. The molecule has 0 radical (unpaired) electrons. The second-order valence-electron chi connectivity index (χ2n) is 8.00. The van der Waals surface area contributed by atoms with Gasteiger partial charge in [0.05, 0.1) is 11.0 Å². The average molecular weight is 407 g/mol. The Labute approximate surface area is 164 Å². The molecular weight excluding hydrogens is 380 g/mol. The van der Waals surface area contributed by atoms with E-state index in [9.17, 15) is 10.1 Å². The molecule has 2 heterocycles. The maximum absolute atomic E-state index is 11.3. The van der Waals surface area contributed by atoms with Gasteiger partial charge < -0.3 is 14.8 Å². The van der Waals surface area contributed by atoms with Gasteiger partial charge in [-0.05, 0) is 35.0 Å². The van der Waals surface area contributed by atoms with Crippen molar-refractivity contribution in [2.75, 3.05) is 25.1 Å². The molecule has 1 aromatic carbocycles. The zero-order valence-electron chi connectivity index (χ0n) is 16.4. The van der Waals surface area contributed by atoms with Crippen molar-refractivity contribution in [1.82, 2.24) is 20.2 Å². The van der Waals surface area contributed by atoms with Crippen LogP contribution in [0.2, 0.25) is 25.7 Å². The zero-order chi connectivity index (χ0) is 20.1. The Morgan fingerprint density at radius 3 is 2.86 bits per heavy atom. The molecule has 1 atom stereocenters. The van der Waals surface area contributed by atoms with Crippen LogP contribution in [0.3, 0.4) is 0 Å². The quantitative estimate of drug-likeness (QED) is 0.277. The minimum absolute atomic E-state index is 0.00786. The highest BCUT2D eigenvalue weighted by Crippen LogP contribution is 2.30. The van der Waals surface area contributed by atoms with Crippen LogP contribution in [0.1, 0.15) is 6.42 Å². The van der Waals surface area contributed by atoms with Crippen molar-refractivity contribution < 1.29 is 14.4 Å². The maximum atomic E-state index is 11.3. The summed E-state index contributed by atoms with van der Waals surface area (Å²) in [6, 6.07) is 5.86. The number of nitrogens with one attached hydrogen (secondary N) is 1. The predicted molar refractivity (Wildman–Crippen MR) is 107 cm³/mol. The fourth-order valence-electron chi connectivity index (χ4n) is 2.67.